The Morgan fingerprint density at radius 3 is 2.45 bits per heavy atom. The topological polar surface area (TPSA) is 42.2 Å². The van der Waals surface area contributed by atoms with Crippen LogP contribution < -0.4 is 5.32 Å². The van der Waals surface area contributed by atoms with Gasteiger partial charge in [0, 0.05) is 33.4 Å². The summed E-state index contributed by atoms with van der Waals surface area (Å²) in [7, 11) is 0. The van der Waals surface area contributed by atoms with E-state index in [0.717, 1.165) is 55.8 Å². The zero-order valence-corrected chi connectivity index (χ0v) is 18.1. The second kappa shape index (κ2) is 8.05. The van der Waals surface area contributed by atoms with E-state index in [9.17, 15) is 0 Å². The summed E-state index contributed by atoms with van der Waals surface area (Å²) in [5, 5.41) is 9.06. The Hall–Kier alpha value is -2.56. The van der Waals surface area contributed by atoms with Gasteiger partial charge >= 0.3 is 0 Å². The first-order chi connectivity index (χ1) is 14.0. The second-order valence-corrected chi connectivity index (χ2v) is 7.90. The summed E-state index contributed by atoms with van der Waals surface area (Å²) < 4.78 is 1.89. The lowest BCUT2D eigenvalue weighted by Gasteiger charge is -2.16. The van der Waals surface area contributed by atoms with Crippen molar-refractivity contribution in [1.82, 2.24) is 14.6 Å². The number of hydrogen-bond acceptors (Lipinski definition) is 3. The molecule has 0 saturated heterocycles. The molecule has 4 nitrogen and oxygen atoms in total. The summed E-state index contributed by atoms with van der Waals surface area (Å²) in [4.78, 5) is 4.90. The van der Waals surface area contributed by atoms with Gasteiger partial charge in [0.1, 0.15) is 5.82 Å². The van der Waals surface area contributed by atoms with Gasteiger partial charge in [-0.1, -0.05) is 48.0 Å². The second-order valence-electron chi connectivity index (χ2n) is 7.11. The fourth-order valence-electron chi connectivity index (χ4n) is 3.57. The number of nitrogens with one attached hydrogen (secondary N) is 1. The van der Waals surface area contributed by atoms with Gasteiger partial charge in [0.05, 0.1) is 5.69 Å². The highest BCUT2D eigenvalue weighted by Crippen LogP contribution is 2.33. The highest BCUT2D eigenvalue weighted by molar-refractivity contribution is 6.31. The standard InChI is InChI=1S/C23H22Cl2N4/c1-14-9-10-18(13-20(14)25)27-22-19(11-12-24)15(2)26-23-21(16(3)28-29(22)23)17-7-5-4-6-8-17/h4-10,13,27H,11-12H2,1-3H3. The Bertz CT molecular complexity index is 1180. The predicted octanol–water partition coefficient (Wildman–Crippen LogP) is 6.50. The number of halogens is 2. The minimum absolute atomic E-state index is 0.503. The number of anilines is 2. The van der Waals surface area contributed by atoms with Crippen LogP contribution in [0, 0.1) is 20.8 Å². The van der Waals surface area contributed by atoms with E-state index in [1.165, 1.54) is 0 Å². The average molecular weight is 425 g/mol. The number of aryl methyl sites for hydroxylation is 3. The Morgan fingerprint density at radius 2 is 1.76 bits per heavy atom. The molecule has 0 aliphatic heterocycles. The van der Waals surface area contributed by atoms with Crippen molar-refractivity contribution in [3.05, 3.63) is 76.1 Å². The zero-order valence-electron chi connectivity index (χ0n) is 16.6. The molecule has 0 aliphatic carbocycles. The van der Waals surface area contributed by atoms with Crippen molar-refractivity contribution < 1.29 is 0 Å². The minimum atomic E-state index is 0.503. The number of fused-ring (bicyclic) bond motifs is 1. The van der Waals surface area contributed by atoms with Crippen LogP contribution in [0.3, 0.4) is 0 Å². The molecule has 0 unspecified atom stereocenters. The molecule has 0 aliphatic rings. The van der Waals surface area contributed by atoms with Crippen LogP contribution in [-0.4, -0.2) is 20.5 Å². The van der Waals surface area contributed by atoms with Crippen molar-refractivity contribution in [2.45, 2.75) is 27.2 Å². The van der Waals surface area contributed by atoms with E-state index < -0.39 is 0 Å². The molecular weight excluding hydrogens is 403 g/mol. The van der Waals surface area contributed by atoms with Gasteiger partial charge in [-0.25, -0.2) is 4.98 Å². The molecule has 4 aromatic rings. The van der Waals surface area contributed by atoms with E-state index in [-0.39, 0.29) is 0 Å². The van der Waals surface area contributed by atoms with Crippen molar-refractivity contribution >= 4 is 40.4 Å². The van der Waals surface area contributed by atoms with Crippen LogP contribution in [0.2, 0.25) is 5.02 Å². The van der Waals surface area contributed by atoms with Crippen molar-refractivity contribution in [1.29, 1.82) is 0 Å². The van der Waals surface area contributed by atoms with Gasteiger partial charge in [-0.15, -0.1) is 11.6 Å². The molecule has 148 valence electrons. The van der Waals surface area contributed by atoms with Crippen LogP contribution in [0.15, 0.2) is 48.5 Å². The number of benzene rings is 2. The van der Waals surface area contributed by atoms with Gasteiger partial charge in [0.2, 0.25) is 0 Å². The van der Waals surface area contributed by atoms with Crippen LogP contribution in [0.25, 0.3) is 16.8 Å². The molecule has 0 bridgehead atoms. The van der Waals surface area contributed by atoms with Gasteiger partial charge in [-0.3, -0.25) is 0 Å². The van der Waals surface area contributed by atoms with Crippen LogP contribution in [0.1, 0.15) is 22.5 Å². The highest BCUT2D eigenvalue weighted by atomic mass is 35.5. The highest BCUT2D eigenvalue weighted by Gasteiger charge is 2.20. The quantitative estimate of drug-likeness (QED) is 0.371. The van der Waals surface area contributed by atoms with Crippen LogP contribution in [0.5, 0.6) is 0 Å². The maximum atomic E-state index is 6.34. The monoisotopic (exact) mass is 424 g/mol. The summed E-state index contributed by atoms with van der Waals surface area (Å²) >= 11 is 12.5. The first kappa shape index (κ1) is 19.7. The maximum absolute atomic E-state index is 6.34. The van der Waals surface area contributed by atoms with Crippen molar-refractivity contribution in [2.75, 3.05) is 11.2 Å². The molecule has 2 heterocycles. The molecule has 0 radical (unpaired) electrons. The molecule has 0 atom stereocenters. The molecule has 0 amide bonds. The number of nitrogens with zero attached hydrogens (tertiary/aromatic N) is 3. The molecule has 0 fully saturated rings. The van der Waals surface area contributed by atoms with Gasteiger partial charge in [-0.2, -0.15) is 9.61 Å². The summed E-state index contributed by atoms with van der Waals surface area (Å²) in [6.45, 7) is 6.02. The van der Waals surface area contributed by atoms with E-state index in [1.807, 2.05) is 61.7 Å². The van der Waals surface area contributed by atoms with E-state index >= 15 is 0 Å². The maximum Gasteiger partial charge on any atom is 0.165 e. The van der Waals surface area contributed by atoms with Gasteiger partial charge < -0.3 is 5.32 Å². The molecule has 2 aromatic carbocycles. The van der Waals surface area contributed by atoms with Gasteiger partial charge in [0.25, 0.3) is 0 Å². The molecular formula is C23H22Cl2N4. The normalized spacial score (nSPS) is 11.2. The Balaban J connectivity index is 1.95. The number of rotatable bonds is 5. The van der Waals surface area contributed by atoms with Crippen molar-refractivity contribution in [3.8, 4) is 11.1 Å². The average Bonchev–Trinajstić information content (AvgIpc) is 3.03. The van der Waals surface area contributed by atoms with E-state index in [2.05, 4.69) is 17.4 Å². The Kier molecular flexibility index (Phi) is 5.48. The fourth-order valence-corrected chi connectivity index (χ4v) is 3.94. The number of aromatic nitrogens is 3. The summed E-state index contributed by atoms with van der Waals surface area (Å²) in [6.07, 6.45) is 0.692. The lowest BCUT2D eigenvalue weighted by atomic mass is 10.1. The lowest BCUT2D eigenvalue weighted by Crippen LogP contribution is -2.09. The Labute approximate surface area is 180 Å². The zero-order chi connectivity index (χ0) is 20.5. The molecule has 0 saturated carbocycles. The largest absolute Gasteiger partial charge is 0.340 e. The molecule has 2 aromatic heterocycles. The molecule has 0 spiro atoms. The van der Waals surface area contributed by atoms with Crippen LogP contribution in [0.4, 0.5) is 11.5 Å². The smallest absolute Gasteiger partial charge is 0.165 e. The summed E-state index contributed by atoms with van der Waals surface area (Å²) in [6, 6.07) is 16.2. The first-order valence-electron chi connectivity index (χ1n) is 9.53. The van der Waals surface area contributed by atoms with Gasteiger partial charge in [0.15, 0.2) is 5.65 Å². The minimum Gasteiger partial charge on any atom is -0.340 e. The third kappa shape index (κ3) is 3.70. The molecule has 1 N–H and O–H groups in total. The van der Waals surface area contributed by atoms with Crippen LogP contribution in [-0.2, 0) is 6.42 Å². The first-order valence-corrected chi connectivity index (χ1v) is 10.4. The number of alkyl halides is 1. The summed E-state index contributed by atoms with van der Waals surface area (Å²) in [5.41, 5.74) is 7.81. The molecule has 4 rings (SSSR count). The third-order valence-corrected chi connectivity index (χ3v) is 5.68. The van der Waals surface area contributed by atoms with Crippen molar-refractivity contribution in [3.63, 3.8) is 0 Å². The van der Waals surface area contributed by atoms with Crippen molar-refractivity contribution in [2.24, 2.45) is 0 Å². The van der Waals surface area contributed by atoms with E-state index in [0.29, 0.717) is 12.3 Å². The van der Waals surface area contributed by atoms with Gasteiger partial charge in [-0.05, 0) is 50.5 Å². The molecule has 29 heavy (non-hydrogen) atoms. The lowest BCUT2D eigenvalue weighted by molar-refractivity contribution is 0.891. The van der Waals surface area contributed by atoms with E-state index in [4.69, 9.17) is 33.3 Å². The van der Waals surface area contributed by atoms with E-state index in [1.54, 1.807) is 0 Å². The molecule has 6 heteroatoms. The fraction of sp³-hybridized carbons (Fsp3) is 0.217. The predicted molar refractivity (Wildman–Crippen MR) is 122 cm³/mol. The Morgan fingerprint density at radius 1 is 1.00 bits per heavy atom. The number of hydrogen-bond donors (Lipinski definition) is 1. The SMILES string of the molecule is Cc1ccc(Nc2c(CCCl)c(C)nc3c(-c4ccccc4)c(C)nn23)cc1Cl. The third-order valence-electron chi connectivity index (χ3n) is 5.09. The summed E-state index contributed by atoms with van der Waals surface area (Å²) in [5.74, 6) is 1.38. The van der Waals surface area contributed by atoms with Crippen LogP contribution >= 0.6 is 23.2 Å².